The third-order valence-electron chi connectivity index (χ3n) is 4.56. The first-order valence-corrected chi connectivity index (χ1v) is 8.99. The Balaban J connectivity index is 1.51. The molecule has 0 spiro atoms. The molecule has 0 fully saturated rings. The van der Waals surface area contributed by atoms with Crippen LogP contribution in [0.15, 0.2) is 83.7 Å². The maximum absolute atomic E-state index is 11.3. The van der Waals surface area contributed by atoms with E-state index in [9.17, 15) is 4.79 Å². The van der Waals surface area contributed by atoms with Gasteiger partial charge < -0.3 is 10.2 Å². The van der Waals surface area contributed by atoms with E-state index < -0.39 is 5.91 Å². The highest BCUT2D eigenvalue weighted by molar-refractivity contribution is 5.92. The zero-order valence-corrected chi connectivity index (χ0v) is 15.5. The van der Waals surface area contributed by atoms with Crippen molar-refractivity contribution in [3.8, 4) is 22.8 Å². The van der Waals surface area contributed by atoms with Gasteiger partial charge in [-0.05, 0) is 19.1 Å². The molecule has 0 saturated heterocycles. The zero-order valence-electron chi connectivity index (χ0n) is 15.5. The molecule has 5 nitrogen and oxygen atoms in total. The molecule has 0 saturated carbocycles. The lowest BCUT2D eigenvalue weighted by Gasteiger charge is -2.01. The summed E-state index contributed by atoms with van der Waals surface area (Å²) in [6.45, 7) is 2.69. The Hall–Kier alpha value is -3.73. The average Bonchev–Trinajstić information content (AvgIpc) is 3.19. The Morgan fingerprint density at radius 2 is 1.79 bits per heavy atom. The third kappa shape index (κ3) is 3.83. The molecule has 0 atom stereocenters. The molecule has 2 heterocycles. The largest absolute Gasteiger partial charge is 0.436 e. The van der Waals surface area contributed by atoms with Gasteiger partial charge in [-0.3, -0.25) is 4.79 Å². The van der Waals surface area contributed by atoms with Gasteiger partial charge in [-0.1, -0.05) is 42.0 Å². The molecule has 0 bridgehead atoms. The maximum atomic E-state index is 11.3. The fourth-order valence-electron chi connectivity index (χ4n) is 3.00. The van der Waals surface area contributed by atoms with Crippen molar-refractivity contribution in [3.05, 3.63) is 95.9 Å². The van der Waals surface area contributed by atoms with Gasteiger partial charge in [0, 0.05) is 34.4 Å². The van der Waals surface area contributed by atoms with E-state index in [1.165, 1.54) is 5.56 Å². The van der Waals surface area contributed by atoms with E-state index in [-0.39, 0.29) is 0 Å². The molecule has 2 aromatic carbocycles. The van der Waals surface area contributed by atoms with Crippen LogP contribution >= 0.6 is 0 Å². The summed E-state index contributed by atoms with van der Waals surface area (Å²) in [6, 6.07) is 19.4. The number of oxazole rings is 1. The second-order valence-electron chi connectivity index (χ2n) is 6.72. The number of hydrogen-bond acceptors (Lipinski definition) is 3. The Morgan fingerprint density at radius 3 is 2.50 bits per heavy atom. The summed E-state index contributed by atoms with van der Waals surface area (Å²) in [4.78, 5) is 15.7. The number of carbonyl (C=O) groups excluding carboxylic acids is 1. The van der Waals surface area contributed by atoms with Gasteiger partial charge in [0.25, 0.3) is 0 Å². The fraction of sp³-hybridized carbons (Fsp3) is 0.0870. The minimum Gasteiger partial charge on any atom is -0.436 e. The third-order valence-corrected chi connectivity index (χ3v) is 4.56. The minimum atomic E-state index is -0.421. The molecule has 0 aliphatic heterocycles. The molecule has 0 aliphatic rings. The van der Waals surface area contributed by atoms with Crippen LogP contribution in [0.25, 0.3) is 22.8 Å². The number of nitrogens with zero attached hydrogens (tertiary/aromatic N) is 2. The van der Waals surface area contributed by atoms with Crippen molar-refractivity contribution in [2.75, 3.05) is 0 Å². The van der Waals surface area contributed by atoms with E-state index in [0.717, 1.165) is 22.5 Å². The van der Waals surface area contributed by atoms with Gasteiger partial charge >= 0.3 is 0 Å². The van der Waals surface area contributed by atoms with Crippen LogP contribution in [-0.2, 0) is 6.54 Å². The number of rotatable bonds is 5. The first-order valence-electron chi connectivity index (χ1n) is 8.99. The molecule has 0 unspecified atom stereocenters. The Kier molecular flexibility index (Phi) is 4.72. The number of pyridine rings is 1. The van der Waals surface area contributed by atoms with Crippen molar-refractivity contribution < 1.29 is 13.8 Å². The lowest BCUT2D eigenvalue weighted by molar-refractivity contribution is -0.688. The van der Waals surface area contributed by atoms with Crippen molar-refractivity contribution in [2.24, 2.45) is 5.73 Å². The summed E-state index contributed by atoms with van der Waals surface area (Å²) < 4.78 is 7.95. The van der Waals surface area contributed by atoms with Gasteiger partial charge in [-0.25, -0.2) is 9.55 Å². The summed E-state index contributed by atoms with van der Waals surface area (Å²) in [5.41, 5.74) is 9.98. The average molecular weight is 370 g/mol. The zero-order chi connectivity index (χ0) is 19.5. The lowest BCUT2D eigenvalue weighted by atomic mass is 10.1. The van der Waals surface area contributed by atoms with Crippen LogP contribution in [0.4, 0.5) is 0 Å². The first kappa shape index (κ1) is 17.7. The highest BCUT2D eigenvalue weighted by Crippen LogP contribution is 2.25. The minimum absolute atomic E-state index is 0.421. The van der Waals surface area contributed by atoms with Crippen LogP contribution in [0.1, 0.15) is 21.5 Å². The molecule has 2 N–H and O–H groups in total. The summed E-state index contributed by atoms with van der Waals surface area (Å²) in [7, 11) is 0. The highest BCUT2D eigenvalue weighted by Gasteiger charge is 2.11. The van der Waals surface area contributed by atoms with Gasteiger partial charge in [-0.2, -0.15) is 0 Å². The van der Waals surface area contributed by atoms with E-state index in [2.05, 4.69) is 24.0 Å². The molecular weight excluding hydrogens is 350 g/mol. The molecule has 138 valence electrons. The Labute approximate surface area is 163 Å². The molecule has 0 aliphatic carbocycles. The van der Waals surface area contributed by atoms with Crippen LogP contribution in [0, 0.1) is 6.92 Å². The smallest absolute Gasteiger partial charge is 0.248 e. The monoisotopic (exact) mass is 370 g/mol. The van der Waals surface area contributed by atoms with Gasteiger partial charge in [0.05, 0.1) is 6.20 Å². The van der Waals surface area contributed by atoms with E-state index >= 15 is 0 Å². The second-order valence-corrected chi connectivity index (χ2v) is 6.72. The maximum Gasteiger partial charge on any atom is 0.248 e. The number of primary amides is 1. The Morgan fingerprint density at radius 1 is 1.04 bits per heavy atom. The number of hydrogen-bond donors (Lipinski definition) is 1. The predicted octanol–water partition coefficient (Wildman–Crippen LogP) is 3.75. The molecule has 4 aromatic rings. The van der Waals surface area contributed by atoms with Gasteiger partial charge in [-0.15, -0.1) is 0 Å². The van der Waals surface area contributed by atoms with Gasteiger partial charge in [0.2, 0.25) is 11.8 Å². The number of carbonyl (C=O) groups is 1. The SMILES string of the molecule is Cc1ccc(-c2cnc(-c3cc[n+](Cc4cccc(C(N)=O)c4)cc3)o2)cc1. The van der Waals surface area contributed by atoms with E-state index in [0.29, 0.717) is 18.0 Å². The van der Waals surface area contributed by atoms with Crippen molar-refractivity contribution in [1.82, 2.24) is 4.98 Å². The topological polar surface area (TPSA) is 73.0 Å². The van der Waals surface area contributed by atoms with E-state index in [1.807, 2.05) is 59.4 Å². The summed E-state index contributed by atoms with van der Waals surface area (Å²) >= 11 is 0. The standard InChI is InChI=1S/C23H19N3O2/c1-16-5-7-18(8-6-16)21-14-25-23(28-21)19-9-11-26(12-10-19)15-17-3-2-4-20(13-17)22(24)27/h2-14H,15H2,1H3,(H-,24,27)/p+1. The van der Waals surface area contributed by atoms with Gasteiger partial charge in [0.15, 0.2) is 24.7 Å². The van der Waals surface area contributed by atoms with Crippen LogP contribution in [-0.4, -0.2) is 10.9 Å². The number of amides is 1. The fourth-order valence-corrected chi connectivity index (χ4v) is 3.00. The predicted molar refractivity (Wildman–Crippen MR) is 106 cm³/mol. The van der Waals surface area contributed by atoms with Crippen molar-refractivity contribution in [2.45, 2.75) is 13.5 Å². The van der Waals surface area contributed by atoms with E-state index in [1.54, 1.807) is 12.3 Å². The van der Waals surface area contributed by atoms with Crippen LogP contribution in [0.3, 0.4) is 0 Å². The van der Waals surface area contributed by atoms with Crippen LogP contribution in [0.2, 0.25) is 0 Å². The highest BCUT2D eigenvalue weighted by atomic mass is 16.4. The number of aryl methyl sites for hydroxylation is 1. The quantitative estimate of drug-likeness (QED) is 0.544. The molecule has 1 amide bonds. The lowest BCUT2D eigenvalue weighted by Crippen LogP contribution is -2.33. The number of aromatic nitrogens is 2. The van der Waals surface area contributed by atoms with Gasteiger partial charge in [0.1, 0.15) is 0 Å². The van der Waals surface area contributed by atoms with E-state index in [4.69, 9.17) is 10.2 Å². The van der Waals surface area contributed by atoms with Crippen LogP contribution < -0.4 is 10.3 Å². The molecular formula is C23H20N3O2+. The normalized spacial score (nSPS) is 10.8. The number of benzene rings is 2. The van der Waals surface area contributed by atoms with Crippen molar-refractivity contribution in [1.29, 1.82) is 0 Å². The number of nitrogens with two attached hydrogens (primary N) is 1. The van der Waals surface area contributed by atoms with Crippen molar-refractivity contribution in [3.63, 3.8) is 0 Å². The molecule has 28 heavy (non-hydrogen) atoms. The molecule has 4 rings (SSSR count). The summed E-state index contributed by atoms with van der Waals surface area (Å²) in [6.07, 6.45) is 5.67. The first-order chi connectivity index (χ1) is 13.6. The molecule has 2 aromatic heterocycles. The van der Waals surface area contributed by atoms with Crippen LogP contribution in [0.5, 0.6) is 0 Å². The Bertz CT molecular complexity index is 1110. The molecule has 0 radical (unpaired) electrons. The summed E-state index contributed by atoms with van der Waals surface area (Å²) in [5.74, 6) is 0.906. The van der Waals surface area contributed by atoms with Crippen molar-refractivity contribution >= 4 is 5.91 Å². The summed E-state index contributed by atoms with van der Waals surface area (Å²) in [5, 5.41) is 0. The second kappa shape index (κ2) is 7.48. The molecule has 5 heteroatoms.